The fourth-order valence-corrected chi connectivity index (χ4v) is 2.39. The third kappa shape index (κ3) is 4.42. The van der Waals surface area contributed by atoms with Crippen LogP contribution in [-0.4, -0.2) is 32.9 Å². The van der Waals surface area contributed by atoms with Gasteiger partial charge in [-0.3, -0.25) is 9.89 Å². The summed E-state index contributed by atoms with van der Waals surface area (Å²) in [4.78, 5) is 15.8. The molecular weight excluding hydrogens is 303 g/mol. The van der Waals surface area contributed by atoms with E-state index in [-0.39, 0.29) is 11.7 Å². The molecule has 3 rings (SSSR count). The summed E-state index contributed by atoms with van der Waals surface area (Å²) >= 11 is 1.29. The van der Waals surface area contributed by atoms with Crippen molar-refractivity contribution >= 4 is 29.8 Å². The van der Waals surface area contributed by atoms with Crippen molar-refractivity contribution in [2.24, 2.45) is 0 Å². The van der Waals surface area contributed by atoms with Crippen LogP contribution in [0, 0.1) is 5.82 Å². The highest BCUT2D eigenvalue weighted by Gasteiger charge is 2.23. The van der Waals surface area contributed by atoms with Crippen LogP contribution in [0.2, 0.25) is 0 Å². The molecule has 1 saturated carbocycles. The van der Waals surface area contributed by atoms with Gasteiger partial charge in [0.1, 0.15) is 11.6 Å². The van der Waals surface area contributed by atoms with Gasteiger partial charge in [0.25, 0.3) is 0 Å². The molecule has 114 valence electrons. The molecule has 0 spiro atoms. The molecule has 0 unspecified atom stereocenters. The number of aromatic nitrogens is 3. The number of halogens is 1. The average molecular weight is 318 g/mol. The summed E-state index contributed by atoms with van der Waals surface area (Å²) in [6.45, 7) is 0. The quantitative estimate of drug-likeness (QED) is 0.803. The number of carbonyl (C=O) groups is 1. The van der Waals surface area contributed by atoms with Gasteiger partial charge in [0.2, 0.25) is 11.1 Å². The highest BCUT2D eigenvalue weighted by molar-refractivity contribution is 7.99. The smallest absolute Gasteiger partial charge is 0.230 e. The Labute approximate surface area is 131 Å². The van der Waals surface area contributed by atoms with Gasteiger partial charge in [-0.1, -0.05) is 30.0 Å². The van der Waals surface area contributed by atoms with Gasteiger partial charge in [0.15, 0.2) is 0 Å². The third-order valence-electron chi connectivity index (χ3n) is 3.06. The predicted octanol–water partition coefficient (Wildman–Crippen LogP) is 2.48. The Morgan fingerprint density at radius 2 is 2.14 bits per heavy atom. The zero-order valence-electron chi connectivity index (χ0n) is 11.8. The summed E-state index contributed by atoms with van der Waals surface area (Å²) in [6.07, 6.45) is 5.73. The maximum absolute atomic E-state index is 12.8. The van der Waals surface area contributed by atoms with Crippen molar-refractivity contribution in [2.45, 2.75) is 24.0 Å². The fourth-order valence-electron chi connectivity index (χ4n) is 1.77. The molecule has 0 atom stereocenters. The summed E-state index contributed by atoms with van der Waals surface area (Å²) in [5.41, 5.74) is 0.871. The van der Waals surface area contributed by atoms with Crippen LogP contribution in [0.1, 0.15) is 24.2 Å². The third-order valence-corrected chi connectivity index (χ3v) is 3.91. The van der Waals surface area contributed by atoms with Crippen LogP contribution in [0.25, 0.3) is 12.2 Å². The van der Waals surface area contributed by atoms with E-state index in [1.54, 1.807) is 18.2 Å². The summed E-state index contributed by atoms with van der Waals surface area (Å²) in [6, 6.07) is 6.54. The maximum atomic E-state index is 12.8. The molecule has 1 aliphatic rings. The summed E-state index contributed by atoms with van der Waals surface area (Å²) in [7, 11) is 0. The molecule has 1 amide bonds. The Morgan fingerprint density at radius 3 is 2.86 bits per heavy atom. The average Bonchev–Trinajstić information content (AvgIpc) is 3.20. The van der Waals surface area contributed by atoms with E-state index in [4.69, 9.17) is 0 Å². The summed E-state index contributed by atoms with van der Waals surface area (Å²) in [5.74, 6) is 0.658. The second-order valence-corrected chi connectivity index (χ2v) is 5.96. The van der Waals surface area contributed by atoms with Gasteiger partial charge in [-0.15, -0.1) is 5.10 Å². The van der Waals surface area contributed by atoms with Crippen LogP contribution < -0.4 is 5.32 Å². The van der Waals surface area contributed by atoms with Crippen LogP contribution in [-0.2, 0) is 4.79 Å². The number of hydrogen-bond donors (Lipinski definition) is 2. The summed E-state index contributed by atoms with van der Waals surface area (Å²) in [5, 5.41) is 10.3. The van der Waals surface area contributed by atoms with Gasteiger partial charge in [0.05, 0.1) is 5.75 Å². The molecule has 1 aromatic heterocycles. The number of amides is 1. The van der Waals surface area contributed by atoms with E-state index in [0.717, 1.165) is 18.4 Å². The first-order valence-corrected chi connectivity index (χ1v) is 7.96. The van der Waals surface area contributed by atoms with Crippen LogP contribution in [0.15, 0.2) is 29.4 Å². The van der Waals surface area contributed by atoms with E-state index in [9.17, 15) is 9.18 Å². The molecule has 0 radical (unpaired) electrons. The van der Waals surface area contributed by atoms with Gasteiger partial charge < -0.3 is 5.32 Å². The zero-order chi connectivity index (χ0) is 15.4. The molecule has 0 saturated heterocycles. The van der Waals surface area contributed by atoms with E-state index in [0.29, 0.717) is 22.8 Å². The Kier molecular flexibility index (Phi) is 4.53. The molecule has 1 fully saturated rings. The number of thioether (sulfide) groups is 1. The summed E-state index contributed by atoms with van der Waals surface area (Å²) < 4.78 is 12.8. The first-order valence-electron chi connectivity index (χ1n) is 6.97. The van der Waals surface area contributed by atoms with Gasteiger partial charge in [0, 0.05) is 6.04 Å². The van der Waals surface area contributed by atoms with Crippen molar-refractivity contribution in [3.8, 4) is 0 Å². The number of aromatic amines is 1. The Hall–Kier alpha value is -2.15. The van der Waals surface area contributed by atoms with Gasteiger partial charge in [-0.25, -0.2) is 9.37 Å². The maximum Gasteiger partial charge on any atom is 0.230 e. The van der Waals surface area contributed by atoms with Gasteiger partial charge in [-0.05, 0) is 36.6 Å². The molecule has 1 aromatic carbocycles. The van der Waals surface area contributed by atoms with Crippen molar-refractivity contribution in [3.63, 3.8) is 0 Å². The number of benzene rings is 1. The van der Waals surface area contributed by atoms with Crippen molar-refractivity contribution in [1.29, 1.82) is 0 Å². The molecule has 0 bridgehead atoms. The minimum Gasteiger partial charge on any atom is -0.353 e. The number of rotatable bonds is 6. The molecule has 2 aromatic rings. The van der Waals surface area contributed by atoms with Crippen molar-refractivity contribution < 1.29 is 9.18 Å². The number of nitrogens with zero attached hydrogens (tertiary/aromatic N) is 2. The van der Waals surface area contributed by atoms with E-state index in [2.05, 4.69) is 20.5 Å². The Morgan fingerprint density at radius 1 is 1.36 bits per heavy atom. The topological polar surface area (TPSA) is 70.7 Å². The molecule has 2 N–H and O–H groups in total. The standard InChI is InChI=1S/C15H15FN4OS/c16-11-4-1-10(2-5-11)3-8-13-18-15(20-19-13)22-9-14(21)17-12-6-7-12/h1-5,8,12H,6-7,9H2,(H,17,21)(H,18,19,20)/b8-3+. The highest BCUT2D eigenvalue weighted by atomic mass is 32.2. The van der Waals surface area contributed by atoms with Crippen LogP contribution in [0.4, 0.5) is 4.39 Å². The van der Waals surface area contributed by atoms with Crippen LogP contribution >= 0.6 is 11.8 Å². The number of nitrogens with one attached hydrogen (secondary N) is 2. The lowest BCUT2D eigenvalue weighted by Crippen LogP contribution is -2.27. The molecule has 1 heterocycles. The van der Waals surface area contributed by atoms with E-state index in [1.165, 1.54) is 23.9 Å². The minimum atomic E-state index is -0.264. The predicted molar refractivity (Wildman–Crippen MR) is 83.6 cm³/mol. The first kappa shape index (κ1) is 14.8. The molecular formula is C15H15FN4OS. The van der Waals surface area contributed by atoms with E-state index >= 15 is 0 Å². The Bertz CT molecular complexity index is 679. The second kappa shape index (κ2) is 6.74. The first-order chi connectivity index (χ1) is 10.7. The van der Waals surface area contributed by atoms with Crippen LogP contribution in [0.5, 0.6) is 0 Å². The monoisotopic (exact) mass is 318 g/mol. The normalized spacial score (nSPS) is 14.4. The minimum absolute atomic E-state index is 0.0145. The van der Waals surface area contributed by atoms with E-state index in [1.807, 2.05) is 6.08 Å². The molecule has 5 nitrogen and oxygen atoms in total. The van der Waals surface area contributed by atoms with E-state index < -0.39 is 0 Å². The highest BCUT2D eigenvalue weighted by Crippen LogP contribution is 2.19. The lowest BCUT2D eigenvalue weighted by atomic mass is 10.2. The Balaban J connectivity index is 1.51. The van der Waals surface area contributed by atoms with Crippen molar-refractivity contribution in [3.05, 3.63) is 41.5 Å². The number of carbonyl (C=O) groups excluding carboxylic acids is 1. The van der Waals surface area contributed by atoms with Gasteiger partial charge in [-0.2, -0.15) is 0 Å². The molecule has 7 heteroatoms. The number of H-pyrrole nitrogens is 1. The fraction of sp³-hybridized carbons (Fsp3) is 0.267. The lowest BCUT2D eigenvalue weighted by molar-refractivity contribution is -0.118. The lowest BCUT2D eigenvalue weighted by Gasteiger charge is -1.99. The number of hydrogen-bond acceptors (Lipinski definition) is 4. The molecule has 22 heavy (non-hydrogen) atoms. The van der Waals surface area contributed by atoms with Crippen molar-refractivity contribution in [2.75, 3.05) is 5.75 Å². The zero-order valence-corrected chi connectivity index (χ0v) is 12.6. The molecule has 1 aliphatic carbocycles. The van der Waals surface area contributed by atoms with Crippen LogP contribution in [0.3, 0.4) is 0 Å². The second-order valence-electron chi connectivity index (χ2n) is 5.02. The van der Waals surface area contributed by atoms with Crippen molar-refractivity contribution in [1.82, 2.24) is 20.5 Å². The van der Waals surface area contributed by atoms with Gasteiger partial charge >= 0.3 is 0 Å². The largest absolute Gasteiger partial charge is 0.353 e. The molecule has 0 aliphatic heterocycles. The SMILES string of the molecule is O=C(CSc1n[nH]c(/C=C/c2ccc(F)cc2)n1)NC1CC1.